The van der Waals surface area contributed by atoms with Gasteiger partial charge in [-0.15, -0.1) is 0 Å². The van der Waals surface area contributed by atoms with Crippen molar-refractivity contribution in [3.63, 3.8) is 0 Å². The van der Waals surface area contributed by atoms with E-state index in [0.29, 0.717) is 29.3 Å². The van der Waals surface area contributed by atoms with Crippen LogP contribution in [0.1, 0.15) is 60.9 Å². The fourth-order valence-corrected chi connectivity index (χ4v) is 6.66. The van der Waals surface area contributed by atoms with Gasteiger partial charge in [0, 0.05) is 44.0 Å². The fraction of sp³-hybridized carbons (Fsp3) is 0.533. The van der Waals surface area contributed by atoms with E-state index in [4.69, 9.17) is 11.6 Å². The molecule has 0 bridgehead atoms. The van der Waals surface area contributed by atoms with Crippen molar-refractivity contribution in [3.05, 3.63) is 64.7 Å². The van der Waals surface area contributed by atoms with Crippen molar-refractivity contribution in [1.29, 1.82) is 0 Å². The van der Waals surface area contributed by atoms with Crippen molar-refractivity contribution in [3.8, 4) is 0 Å². The molecule has 5 rings (SSSR count). The Hall–Kier alpha value is -2.78. The minimum atomic E-state index is -5.12. The number of rotatable bonds is 8. The van der Waals surface area contributed by atoms with E-state index >= 15 is 0 Å². The number of benzene rings is 2. The minimum absolute atomic E-state index is 0.0241. The van der Waals surface area contributed by atoms with Crippen molar-refractivity contribution in [2.75, 3.05) is 38.0 Å². The summed E-state index contributed by atoms with van der Waals surface area (Å²) in [6.45, 7) is 2.70. The van der Waals surface area contributed by atoms with Gasteiger partial charge >= 0.3 is 6.18 Å². The highest BCUT2D eigenvalue weighted by Crippen LogP contribution is 2.61. The summed E-state index contributed by atoms with van der Waals surface area (Å²) in [7, 11) is 0. The molecule has 216 valence electrons. The standard InChI is InChI=1S/C30H35ClF3N3O3/c31-25-19-23(10-11-24(25)26(38)36-15-4-5-16-36)35-14-6-9-22-20-28(22)12-17-37(18-13-28)27(39)29(40,30(32,33)34)21-7-2-1-3-8-21/h1-3,7-8,10-11,19,22,35,40H,4-6,9,12-18,20H2/t22-,29?/m1/s1. The normalized spacial score (nSPS) is 21.8. The fourth-order valence-electron chi connectivity index (χ4n) is 6.39. The number of carbonyl (C=O) groups is 2. The number of amides is 2. The summed E-state index contributed by atoms with van der Waals surface area (Å²) in [4.78, 5) is 28.6. The van der Waals surface area contributed by atoms with Gasteiger partial charge in [0.1, 0.15) is 0 Å². The molecule has 2 saturated heterocycles. The third-order valence-corrected chi connectivity index (χ3v) is 9.28. The lowest BCUT2D eigenvalue weighted by Gasteiger charge is -2.39. The van der Waals surface area contributed by atoms with Gasteiger partial charge in [0.2, 0.25) is 0 Å². The first-order valence-corrected chi connectivity index (χ1v) is 14.4. The van der Waals surface area contributed by atoms with Gasteiger partial charge in [-0.05, 0) is 74.5 Å². The zero-order valence-corrected chi connectivity index (χ0v) is 23.1. The second kappa shape index (κ2) is 11.2. The van der Waals surface area contributed by atoms with Crippen LogP contribution in [0.5, 0.6) is 0 Å². The number of anilines is 1. The maximum absolute atomic E-state index is 13.9. The van der Waals surface area contributed by atoms with Crippen molar-refractivity contribution >= 4 is 29.1 Å². The van der Waals surface area contributed by atoms with Crippen LogP contribution in [-0.2, 0) is 10.4 Å². The van der Waals surface area contributed by atoms with E-state index < -0.39 is 23.2 Å². The van der Waals surface area contributed by atoms with Crippen LogP contribution in [0.15, 0.2) is 48.5 Å². The van der Waals surface area contributed by atoms with E-state index in [2.05, 4.69) is 5.32 Å². The Kier molecular flexibility index (Phi) is 8.08. The van der Waals surface area contributed by atoms with Crippen LogP contribution < -0.4 is 5.32 Å². The summed E-state index contributed by atoms with van der Waals surface area (Å²) in [6.07, 6.45) is 1.12. The predicted octanol–water partition coefficient (Wildman–Crippen LogP) is 5.85. The smallest absolute Gasteiger partial charge is 0.385 e. The average Bonchev–Trinajstić information content (AvgIpc) is 3.32. The van der Waals surface area contributed by atoms with E-state index in [1.54, 1.807) is 18.2 Å². The SMILES string of the molecule is O=C(c1ccc(NCCC[C@@H]2CC23CCN(C(=O)C(O)(c2ccccc2)C(F)(F)F)CC3)cc1Cl)N1CCCC1. The molecule has 3 fully saturated rings. The highest BCUT2D eigenvalue weighted by Gasteiger charge is 2.63. The highest BCUT2D eigenvalue weighted by molar-refractivity contribution is 6.34. The van der Waals surface area contributed by atoms with Crippen molar-refractivity contribution in [2.24, 2.45) is 11.3 Å². The average molecular weight is 578 g/mol. The van der Waals surface area contributed by atoms with Crippen LogP contribution in [0.4, 0.5) is 18.9 Å². The molecule has 0 aromatic heterocycles. The predicted molar refractivity (Wildman–Crippen MR) is 147 cm³/mol. The Morgan fingerprint density at radius 2 is 1.68 bits per heavy atom. The monoisotopic (exact) mass is 577 g/mol. The summed E-state index contributed by atoms with van der Waals surface area (Å²) in [5.74, 6) is -0.843. The maximum Gasteiger partial charge on any atom is 0.430 e. The first-order valence-electron chi connectivity index (χ1n) is 14.0. The highest BCUT2D eigenvalue weighted by atomic mass is 35.5. The molecule has 3 aliphatic rings. The van der Waals surface area contributed by atoms with E-state index in [-0.39, 0.29) is 24.4 Å². The number of hydrogen-bond donors (Lipinski definition) is 2. The maximum atomic E-state index is 13.9. The van der Waals surface area contributed by atoms with Crippen LogP contribution in [0.25, 0.3) is 0 Å². The summed E-state index contributed by atoms with van der Waals surface area (Å²) in [5, 5.41) is 14.4. The van der Waals surface area contributed by atoms with Crippen LogP contribution in [-0.4, -0.2) is 65.6 Å². The number of aliphatic hydroxyl groups is 1. The van der Waals surface area contributed by atoms with E-state index in [1.807, 2.05) is 11.0 Å². The van der Waals surface area contributed by atoms with Gasteiger partial charge in [-0.1, -0.05) is 41.9 Å². The molecule has 2 aromatic rings. The number of likely N-dealkylation sites (tertiary alicyclic amines) is 2. The van der Waals surface area contributed by atoms with Gasteiger partial charge < -0.3 is 20.2 Å². The second-order valence-corrected chi connectivity index (χ2v) is 11.8. The number of piperidine rings is 1. The summed E-state index contributed by atoms with van der Waals surface area (Å²) in [5.41, 5.74) is -2.55. The first kappa shape index (κ1) is 28.7. The minimum Gasteiger partial charge on any atom is -0.385 e. The van der Waals surface area contributed by atoms with Gasteiger partial charge in [-0.25, -0.2) is 0 Å². The number of nitrogens with one attached hydrogen (secondary N) is 1. The Morgan fingerprint density at radius 1 is 1.00 bits per heavy atom. The van der Waals surface area contributed by atoms with Crippen LogP contribution in [0.3, 0.4) is 0 Å². The largest absolute Gasteiger partial charge is 0.430 e. The third kappa shape index (κ3) is 5.55. The molecule has 40 heavy (non-hydrogen) atoms. The molecule has 2 amide bonds. The van der Waals surface area contributed by atoms with Crippen LogP contribution >= 0.6 is 11.6 Å². The van der Waals surface area contributed by atoms with Gasteiger partial charge in [0.15, 0.2) is 0 Å². The zero-order valence-electron chi connectivity index (χ0n) is 22.4. The Labute approximate surface area is 237 Å². The van der Waals surface area contributed by atoms with Crippen molar-refractivity contribution in [2.45, 2.75) is 56.7 Å². The summed E-state index contributed by atoms with van der Waals surface area (Å²) >= 11 is 6.40. The van der Waals surface area contributed by atoms with E-state index in [1.165, 1.54) is 17.0 Å². The van der Waals surface area contributed by atoms with Gasteiger partial charge in [0.25, 0.3) is 17.4 Å². The molecule has 0 radical (unpaired) electrons. The molecule has 6 nitrogen and oxygen atoms in total. The second-order valence-electron chi connectivity index (χ2n) is 11.4. The zero-order chi connectivity index (χ0) is 28.5. The molecule has 1 saturated carbocycles. The molecular formula is C30H35ClF3N3O3. The van der Waals surface area contributed by atoms with Gasteiger partial charge in [0.05, 0.1) is 10.6 Å². The topological polar surface area (TPSA) is 72.9 Å². The summed E-state index contributed by atoms with van der Waals surface area (Å²) < 4.78 is 41.8. The first-order chi connectivity index (χ1) is 19.0. The van der Waals surface area contributed by atoms with Gasteiger partial charge in [-0.3, -0.25) is 9.59 Å². The molecule has 10 heteroatoms. The Morgan fingerprint density at radius 3 is 2.30 bits per heavy atom. The molecule has 2 heterocycles. The Balaban J connectivity index is 1.08. The molecule has 2 aliphatic heterocycles. The molecule has 2 aromatic carbocycles. The number of nitrogens with zero attached hydrogens (tertiary/aromatic N) is 2. The van der Waals surface area contributed by atoms with Crippen molar-refractivity contribution < 1.29 is 27.9 Å². The van der Waals surface area contributed by atoms with Crippen LogP contribution in [0.2, 0.25) is 5.02 Å². The lowest BCUT2D eigenvalue weighted by Crippen LogP contribution is -2.57. The number of hydrogen-bond acceptors (Lipinski definition) is 4. The number of carbonyl (C=O) groups excluding carboxylic acids is 2. The lowest BCUT2D eigenvalue weighted by atomic mass is 9.86. The molecule has 1 aliphatic carbocycles. The number of alkyl halides is 3. The van der Waals surface area contributed by atoms with Crippen molar-refractivity contribution in [1.82, 2.24) is 9.80 Å². The molecule has 2 N–H and O–H groups in total. The third-order valence-electron chi connectivity index (χ3n) is 8.97. The molecule has 1 spiro atoms. The Bertz CT molecular complexity index is 1230. The van der Waals surface area contributed by atoms with Crippen LogP contribution in [0, 0.1) is 11.3 Å². The van der Waals surface area contributed by atoms with E-state index in [9.17, 15) is 27.9 Å². The molecular weight excluding hydrogens is 543 g/mol. The quantitative estimate of drug-likeness (QED) is 0.386. The molecule has 1 unspecified atom stereocenters. The number of halogens is 4. The molecule has 2 atom stereocenters. The lowest BCUT2D eigenvalue weighted by molar-refractivity contribution is -0.262. The van der Waals surface area contributed by atoms with Gasteiger partial charge in [-0.2, -0.15) is 13.2 Å². The summed E-state index contributed by atoms with van der Waals surface area (Å²) in [6, 6.07) is 12.0. The van der Waals surface area contributed by atoms with E-state index in [0.717, 1.165) is 69.6 Å².